The molecule has 0 atom stereocenters. The quantitative estimate of drug-likeness (QED) is 0.942. The van der Waals surface area contributed by atoms with Crippen LogP contribution < -0.4 is 5.56 Å². The predicted octanol–water partition coefficient (Wildman–Crippen LogP) is 2.56. The smallest absolute Gasteiger partial charge is 0.254 e. The van der Waals surface area contributed by atoms with Crippen LogP contribution >= 0.6 is 0 Å². The number of halogens is 2. The van der Waals surface area contributed by atoms with E-state index in [0.717, 1.165) is 30.2 Å². The number of rotatable bonds is 4. The number of aryl methyl sites for hydroxylation is 1. The first-order valence-electron chi connectivity index (χ1n) is 7.84. The predicted molar refractivity (Wildman–Crippen MR) is 83.0 cm³/mol. The lowest BCUT2D eigenvalue weighted by atomic mass is 10.1. The summed E-state index contributed by atoms with van der Waals surface area (Å²) in [6, 6.07) is 3.95. The maximum Gasteiger partial charge on any atom is 0.254 e. The molecule has 0 spiro atoms. The van der Waals surface area contributed by atoms with E-state index in [9.17, 15) is 13.6 Å². The fraction of sp³-hybridized carbons (Fsp3) is 0.412. The van der Waals surface area contributed by atoms with Crippen LogP contribution in [0.25, 0.3) is 0 Å². The number of fused-ring (bicyclic) bond motifs is 1. The van der Waals surface area contributed by atoms with Crippen LogP contribution in [0.1, 0.15) is 36.0 Å². The van der Waals surface area contributed by atoms with Crippen molar-refractivity contribution < 1.29 is 8.78 Å². The Morgan fingerprint density at radius 1 is 1.30 bits per heavy atom. The monoisotopic (exact) mass is 319 g/mol. The topological polar surface area (TPSA) is 49.0 Å². The van der Waals surface area contributed by atoms with Crippen molar-refractivity contribution in [1.82, 2.24) is 14.9 Å². The Balaban J connectivity index is 1.79. The van der Waals surface area contributed by atoms with Gasteiger partial charge in [0.25, 0.3) is 5.56 Å². The average molecular weight is 319 g/mol. The van der Waals surface area contributed by atoms with E-state index in [0.29, 0.717) is 37.4 Å². The largest absolute Gasteiger partial charge is 0.310 e. The SMILES string of the molecule is CCCc1nc2c(c(=O)[nH]1)CCN(Cc1ccc(F)c(F)c1)C2. The maximum atomic E-state index is 13.3. The van der Waals surface area contributed by atoms with Gasteiger partial charge in [0.05, 0.1) is 5.69 Å². The molecule has 0 saturated carbocycles. The van der Waals surface area contributed by atoms with Gasteiger partial charge in [0.2, 0.25) is 0 Å². The highest BCUT2D eigenvalue weighted by molar-refractivity contribution is 5.22. The van der Waals surface area contributed by atoms with Crippen molar-refractivity contribution in [2.75, 3.05) is 6.54 Å². The molecule has 0 bridgehead atoms. The van der Waals surface area contributed by atoms with Crippen molar-refractivity contribution in [3.63, 3.8) is 0 Å². The first-order chi connectivity index (χ1) is 11.1. The third-order valence-electron chi connectivity index (χ3n) is 4.08. The molecule has 1 aliphatic heterocycles. The zero-order valence-corrected chi connectivity index (χ0v) is 13.0. The number of nitrogens with one attached hydrogen (secondary N) is 1. The molecule has 2 heterocycles. The molecule has 1 aromatic carbocycles. The number of hydrogen-bond donors (Lipinski definition) is 1. The highest BCUT2D eigenvalue weighted by Gasteiger charge is 2.21. The summed E-state index contributed by atoms with van der Waals surface area (Å²) in [7, 11) is 0. The van der Waals surface area contributed by atoms with Crippen LogP contribution in [0.4, 0.5) is 8.78 Å². The van der Waals surface area contributed by atoms with Crippen LogP contribution in [0.2, 0.25) is 0 Å². The van der Waals surface area contributed by atoms with Crippen LogP contribution in [0, 0.1) is 11.6 Å². The summed E-state index contributed by atoms with van der Waals surface area (Å²) in [4.78, 5) is 21.6. The summed E-state index contributed by atoms with van der Waals surface area (Å²) in [5.41, 5.74) is 2.20. The second-order valence-electron chi connectivity index (χ2n) is 5.90. The Morgan fingerprint density at radius 3 is 2.87 bits per heavy atom. The minimum atomic E-state index is -0.838. The van der Waals surface area contributed by atoms with Crippen molar-refractivity contribution >= 4 is 0 Å². The number of aromatic amines is 1. The molecule has 1 N–H and O–H groups in total. The van der Waals surface area contributed by atoms with Crippen LogP contribution in [0.3, 0.4) is 0 Å². The van der Waals surface area contributed by atoms with Gasteiger partial charge < -0.3 is 4.98 Å². The molecule has 6 heteroatoms. The molecular formula is C17H19F2N3O. The van der Waals surface area contributed by atoms with Crippen molar-refractivity contribution in [3.05, 3.63) is 62.8 Å². The normalized spacial score (nSPS) is 14.7. The highest BCUT2D eigenvalue weighted by Crippen LogP contribution is 2.18. The molecule has 1 aromatic heterocycles. The van der Waals surface area contributed by atoms with Gasteiger partial charge in [-0.1, -0.05) is 13.0 Å². The molecule has 122 valence electrons. The molecule has 0 saturated heterocycles. The van der Waals surface area contributed by atoms with Crippen LogP contribution in [0.5, 0.6) is 0 Å². The van der Waals surface area contributed by atoms with E-state index in [-0.39, 0.29) is 5.56 Å². The Bertz CT molecular complexity index is 773. The second kappa shape index (κ2) is 6.58. The van der Waals surface area contributed by atoms with E-state index in [2.05, 4.69) is 14.9 Å². The van der Waals surface area contributed by atoms with Gasteiger partial charge in [-0.15, -0.1) is 0 Å². The molecule has 0 radical (unpaired) electrons. The summed E-state index contributed by atoms with van der Waals surface area (Å²) in [6.07, 6.45) is 2.28. The summed E-state index contributed by atoms with van der Waals surface area (Å²) in [5, 5.41) is 0. The molecule has 0 fully saturated rings. The van der Waals surface area contributed by atoms with Gasteiger partial charge in [-0.3, -0.25) is 9.69 Å². The van der Waals surface area contributed by atoms with Gasteiger partial charge in [-0.2, -0.15) is 0 Å². The standard InChI is InChI=1S/C17H19F2N3O/c1-2-3-16-20-15-10-22(7-6-12(15)17(23)21-16)9-11-4-5-13(18)14(19)8-11/h4-5,8H,2-3,6-7,9-10H2,1H3,(H,20,21,23). The molecule has 0 unspecified atom stereocenters. The Hall–Kier alpha value is -2.08. The lowest BCUT2D eigenvalue weighted by molar-refractivity contribution is 0.239. The first kappa shape index (κ1) is 15.8. The summed E-state index contributed by atoms with van der Waals surface area (Å²) >= 11 is 0. The number of H-pyrrole nitrogens is 1. The molecular weight excluding hydrogens is 300 g/mol. The van der Waals surface area contributed by atoms with E-state index in [4.69, 9.17) is 0 Å². The molecule has 0 aliphatic carbocycles. The molecule has 2 aromatic rings. The molecule has 0 amide bonds. The van der Waals surface area contributed by atoms with Crippen molar-refractivity contribution in [1.29, 1.82) is 0 Å². The Kier molecular flexibility index (Phi) is 4.52. The molecule has 1 aliphatic rings. The van der Waals surface area contributed by atoms with E-state index in [1.807, 2.05) is 6.92 Å². The van der Waals surface area contributed by atoms with Crippen molar-refractivity contribution in [3.8, 4) is 0 Å². The zero-order valence-electron chi connectivity index (χ0n) is 13.0. The fourth-order valence-electron chi connectivity index (χ4n) is 2.93. The number of nitrogens with zero attached hydrogens (tertiary/aromatic N) is 2. The lowest BCUT2D eigenvalue weighted by Gasteiger charge is -2.27. The Morgan fingerprint density at radius 2 is 2.13 bits per heavy atom. The van der Waals surface area contributed by atoms with E-state index >= 15 is 0 Å². The van der Waals surface area contributed by atoms with E-state index in [1.54, 1.807) is 6.07 Å². The zero-order chi connectivity index (χ0) is 16.4. The van der Waals surface area contributed by atoms with Crippen LogP contribution in [-0.4, -0.2) is 21.4 Å². The van der Waals surface area contributed by atoms with Gasteiger partial charge in [0.15, 0.2) is 11.6 Å². The Labute approximate surface area is 133 Å². The van der Waals surface area contributed by atoms with Crippen LogP contribution in [0.15, 0.2) is 23.0 Å². The highest BCUT2D eigenvalue weighted by atomic mass is 19.2. The van der Waals surface area contributed by atoms with Crippen LogP contribution in [-0.2, 0) is 25.9 Å². The second-order valence-corrected chi connectivity index (χ2v) is 5.90. The third-order valence-corrected chi connectivity index (χ3v) is 4.08. The van der Waals surface area contributed by atoms with E-state index in [1.165, 1.54) is 6.07 Å². The third kappa shape index (κ3) is 3.47. The van der Waals surface area contributed by atoms with Gasteiger partial charge in [-0.25, -0.2) is 13.8 Å². The first-order valence-corrected chi connectivity index (χ1v) is 7.84. The van der Waals surface area contributed by atoms with Gasteiger partial charge in [0.1, 0.15) is 5.82 Å². The van der Waals surface area contributed by atoms with Crippen molar-refractivity contribution in [2.45, 2.75) is 39.3 Å². The summed E-state index contributed by atoms with van der Waals surface area (Å²) in [5.74, 6) is -0.958. The van der Waals surface area contributed by atoms with Gasteiger partial charge in [-0.05, 0) is 30.5 Å². The number of benzene rings is 1. The van der Waals surface area contributed by atoms with Crippen molar-refractivity contribution in [2.24, 2.45) is 0 Å². The average Bonchev–Trinajstić information content (AvgIpc) is 2.51. The van der Waals surface area contributed by atoms with Gasteiger partial charge >= 0.3 is 0 Å². The van der Waals surface area contributed by atoms with Gasteiger partial charge in [0, 0.05) is 31.6 Å². The molecule has 4 nitrogen and oxygen atoms in total. The summed E-state index contributed by atoms with van der Waals surface area (Å²) in [6.45, 7) is 3.79. The molecule has 23 heavy (non-hydrogen) atoms. The van der Waals surface area contributed by atoms with E-state index < -0.39 is 11.6 Å². The fourth-order valence-corrected chi connectivity index (χ4v) is 2.93. The minimum absolute atomic E-state index is 0.0501. The number of hydrogen-bond acceptors (Lipinski definition) is 3. The molecule has 3 rings (SSSR count). The lowest BCUT2D eigenvalue weighted by Crippen LogP contribution is -2.35. The maximum absolute atomic E-state index is 13.3. The summed E-state index contributed by atoms with van der Waals surface area (Å²) < 4.78 is 26.3. The number of aromatic nitrogens is 2. The minimum Gasteiger partial charge on any atom is -0.310 e.